The maximum absolute atomic E-state index is 11.0. The molecule has 1 aliphatic carbocycles. The average molecular weight is 207 g/mol. The van der Waals surface area contributed by atoms with E-state index in [1.165, 1.54) is 0 Å². The van der Waals surface area contributed by atoms with E-state index in [0.29, 0.717) is 5.92 Å². The van der Waals surface area contributed by atoms with Crippen molar-refractivity contribution in [3.05, 3.63) is 0 Å². The van der Waals surface area contributed by atoms with Crippen molar-refractivity contribution in [2.24, 2.45) is 5.92 Å². The normalized spacial score (nSPS) is 41.9. The van der Waals surface area contributed by atoms with Gasteiger partial charge in [0.25, 0.3) is 0 Å². The van der Waals surface area contributed by atoms with E-state index >= 15 is 0 Å². The number of hydrogen-bond donors (Lipinski definition) is 1. The first-order valence-electron chi connectivity index (χ1n) is 5.05. The van der Waals surface area contributed by atoms with E-state index in [4.69, 9.17) is 5.11 Å². The minimum Gasteiger partial charge on any atom is -1.00 e. The van der Waals surface area contributed by atoms with Gasteiger partial charge in [0.15, 0.2) is 0 Å². The Morgan fingerprint density at radius 2 is 2.21 bits per heavy atom. The Labute approximate surface area is 109 Å². The summed E-state index contributed by atoms with van der Waals surface area (Å²) in [5.74, 6) is 0.0327. The van der Waals surface area contributed by atoms with Crippen LogP contribution in [0, 0.1) is 5.92 Å². The number of nitrogens with zero attached hydrogens (tertiary/aromatic N) is 1. The van der Waals surface area contributed by atoms with Crippen LogP contribution in [0.15, 0.2) is 0 Å². The third kappa shape index (κ3) is 1.87. The maximum Gasteiger partial charge on any atom is 1.00 e. The number of carboxylic acid groups (broad SMARTS) is 1. The third-order valence-electron chi connectivity index (χ3n) is 3.81. The van der Waals surface area contributed by atoms with E-state index in [2.05, 4.69) is 18.7 Å². The molecule has 0 aromatic carbocycles. The molecule has 0 radical (unpaired) electrons. The third-order valence-corrected chi connectivity index (χ3v) is 3.81. The number of aliphatic carboxylic acids is 1. The van der Waals surface area contributed by atoms with E-state index in [1.54, 1.807) is 0 Å². The average Bonchev–Trinajstić information content (AvgIpc) is 2.54. The van der Waals surface area contributed by atoms with E-state index in [-0.39, 0.29) is 42.6 Å². The van der Waals surface area contributed by atoms with Gasteiger partial charge in [0, 0.05) is 5.54 Å². The van der Waals surface area contributed by atoms with Crippen molar-refractivity contribution in [2.45, 2.75) is 44.7 Å². The van der Waals surface area contributed by atoms with Crippen LogP contribution in [0.3, 0.4) is 0 Å². The number of likely N-dealkylation sites (tertiary alicyclic amines) is 1. The van der Waals surface area contributed by atoms with Gasteiger partial charge in [-0.1, -0.05) is 6.92 Å². The molecule has 2 rings (SSSR count). The topological polar surface area (TPSA) is 40.5 Å². The summed E-state index contributed by atoms with van der Waals surface area (Å²) in [4.78, 5) is 13.1. The van der Waals surface area contributed by atoms with E-state index in [9.17, 15) is 4.79 Å². The van der Waals surface area contributed by atoms with Gasteiger partial charge >= 0.3 is 35.5 Å². The molecule has 3 atom stereocenters. The molecule has 3 nitrogen and oxygen atoms in total. The van der Waals surface area contributed by atoms with Gasteiger partial charge < -0.3 is 6.53 Å². The zero-order valence-corrected chi connectivity index (χ0v) is 11.3. The summed E-state index contributed by atoms with van der Waals surface area (Å²) in [6, 6.07) is -0.213. The summed E-state index contributed by atoms with van der Waals surface area (Å²) in [7, 11) is 0. The molecule has 2 fully saturated rings. The van der Waals surface area contributed by atoms with Crippen molar-refractivity contribution in [2.75, 3.05) is 6.54 Å². The fourth-order valence-corrected chi connectivity index (χ4v) is 2.60. The fourth-order valence-electron chi connectivity index (χ4n) is 2.60. The van der Waals surface area contributed by atoms with Crippen LogP contribution in [0.4, 0.5) is 0 Å². The van der Waals surface area contributed by atoms with Crippen LogP contribution in [0.2, 0.25) is 0 Å². The van der Waals surface area contributed by atoms with Crippen molar-refractivity contribution in [3.63, 3.8) is 0 Å². The molecule has 1 saturated heterocycles. The van der Waals surface area contributed by atoms with Crippen LogP contribution in [0.5, 0.6) is 0 Å². The van der Waals surface area contributed by atoms with Crippen LogP contribution >= 0.6 is 0 Å². The van der Waals surface area contributed by atoms with Crippen molar-refractivity contribution >= 4 is 5.97 Å². The molecule has 3 unspecified atom stereocenters. The molecule has 0 aromatic rings. The zero-order chi connectivity index (χ0) is 9.64. The molecule has 76 valence electrons. The second kappa shape index (κ2) is 4.12. The second-order valence-electron chi connectivity index (χ2n) is 4.65. The first kappa shape index (κ1) is 12.5. The van der Waals surface area contributed by atoms with Crippen molar-refractivity contribution in [1.82, 2.24) is 4.90 Å². The summed E-state index contributed by atoms with van der Waals surface area (Å²) >= 11 is 0. The summed E-state index contributed by atoms with van der Waals surface area (Å²) in [5, 5.41) is 9.02. The molecule has 1 N–H and O–H groups in total. The first-order chi connectivity index (χ1) is 6.05. The minimum atomic E-state index is -0.641. The van der Waals surface area contributed by atoms with Gasteiger partial charge in [-0.05, 0) is 38.6 Å². The fraction of sp³-hybridized carbons (Fsp3) is 0.900. The van der Waals surface area contributed by atoms with Gasteiger partial charge in [-0.25, -0.2) is 0 Å². The summed E-state index contributed by atoms with van der Waals surface area (Å²) < 4.78 is 0. The summed E-state index contributed by atoms with van der Waals surface area (Å²) in [5.41, 5.74) is 0.194. The van der Waals surface area contributed by atoms with Crippen LogP contribution in [0.25, 0.3) is 0 Å². The largest absolute Gasteiger partial charge is 1.00 e. The number of carboxylic acids is 1. The Balaban J connectivity index is 0.000000980. The van der Waals surface area contributed by atoms with Gasteiger partial charge in [-0.3, -0.25) is 9.69 Å². The second-order valence-corrected chi connectivity index (χ2v) is 4.65. The van der Waals surface area contributed by atoms with Gasteiger partial charge in [0.2, 0.25) is 0 Å². The van der Waals surface area contributed by atoms with Crippen molar-refractivity contribution in [1.29, 1.82) is 0 Å². The van der Waals surface area contributed by atoms with Gasteiger partial charge in [-0.15, -0.1) is 0 Å². The minimum absolute atomic E-state index is 0. The molecule has 1 aliphatic heterocycles. The molecule has 0 bridgehead atoms. The quantitative estimate of drug-likeness (QED) is 0.557. The molecule has 4 heteroatoms. The SMILES string of the molecule is CC1CC1(C)N1CCCC1C(=O)O.[H-].[Na+]. The number of carbonyl (C=O) groups is 1. The Bertz CT molecular complexity index is 252. The van der Waals surface area contributed by atoms with Gasteiger partial charge in [0.1, 0.15) is 6.04 Å². The maximum atomic E-state index is 11.0. The van der Waals surface area contributed by atoms with Gasteiger partial charge in [0.05, 0.1) is 0 Å². The zero-order valence-electron chi connectivity index (χ0n) is 10.3. The number of hydrogen-bond acceptors (Lipinski definition) is 2. The molecule has 0 spiro atoms. The Hall–Kier alpha value is 0.430. The monoisotopic (exact) mass is 207 g/mol. The van der Waals surface area contributed by atoms with Crippen LogP contribution in [-0.2, 0) is 4.79 Å². The predicted molar refractivity (Wildman–Crippen MR) is 50.7 cm³/mol. The molecule has 0 amide bonds. The molecule has 1 heterocycles. The van der Waals surface area contributed by atoms with Crippen LogP contribution < -0.4 is 29.6 Å². The van der Waals surface area contributed by atoms with E-state index in [0.717, 1.165) is 25.8 Å². The smallest absolute Gasteiger partial charge is 1.00 e. The Morgan fingerprint density at radius 1 is 1.64 bits per heavy atom. The number of rotatable bonds is 2. The molecule has 0 aromatic heterocycles. The van der Waals surface area contributed by atoms with E-state index < -0.39 is 5.97 Å². The first-order valence-corrected chi connectivity index (χ1v) is 5.05. The van der Waals surface area contributed by atoms with Crippen LogP contribution in [0.1, 0.15) is 34.5 Å². The summed E-state index contributed by atoms with van der Waals surface area (Å²) in [6.45, 7) is 5.37. The predicted octanol–water partition coefficient (Wildman–Crippen LogP) is -1.55. The van der Waals surface area contributed by atoms with Crippen molar-refractivity contribution < 1.29 is 40.9 Å². The van der Waals surface area contributed by atoms with Crippen LogP contribution in [-0.4, -0.2) is 34.1 Å². The molecule has 14 heavy (non-hydrogen) atoms. The molecule has 2 aliphatic rings. The van der Waals surface area contributed by atoms with Gasteiger partial charge in [-0.2, -0.15) is 0 Å². The Morgan fingerprint density at radius 3 is 2.64 bits per heavy atom. The Kier molecular flexibility index (Phi) is 3.68. The standard InChI is InChI=1S/C10H17NO2.Na.H/c1-7-6-10(7,2)11-5-3-4-8(11)9(12)13;;/h7-8H,3-6H2,1-2H3,(H,12,13);;/q;+1;-1. The molecular formula is C10H18NNaO2. The van der Waals surface area contributed by atoms with Crippen molar-refractivity contribution in [3.8, 4) is 0 Å². The molecule has 1 saturated carbocycles. The van der Waals surface area contributed by atoms with E-state index in [1.807, 2.05) is 0 Å². The summed E-state index contributed by atoms with van der Waals surface area (Å²) in [6.07, 6.45) is 3.04. The molecular weight excluding hydrogens is 189 g/mol.